The van der Waals surface area contributed by atoms with Crippen molar-refractivity contribution in [3.05, 3.63) is 0 Å². The van der Waals surface area contributed by atoms with Gasteiger partial charge in [0.25, 0.3) is 0 Å². The number of carbonyl (C=O) groups excluding carboxylic acids is 1. The van der Waals surface area contributed by atoms with Gasteiger partial charge in [0, 0.05) is 19.8 Å². The number of unbranched alkanes of at least 4 members (excludes halogenated alkanes) is 24. The summed E-state index contributed by atoms with van der Waals surface area (Å²) < 4.78 is 22.9. The molecule has 1 N–H and O–H groups in total. The molecule has 0 aromatic carbocycles. The summed E-state index contributed by atoms with van der Waals surface area (Å²) >= 11 is 0. The van der Waals surface area contributed by atoms with Gasteiger partial charge in [-0.2, -0.15) is 0 Å². The molecule has 0 aromatic heterocycles. The normalized spacial score (nSPS) is 11.6. The molecule has 7 heteroatoms. The van der Waals surface area contributed by atoms with Crippen molar-refractivity contribution in [2.75, 3.05) is 52.7 Å². The summed E-state index contributed by atoms with van der Waals surface area (Å²) in [6.07, 6.45) is 36.0. The summed E-state index contributed by atoms with van der Waals surface area (Å²) in [6, 6.07) is 0. The number of rotatable bonds is 42. The van der Waals surface area contributed by atoms with Gasteiger partial charge in [-0.25, -0.2) is 4.79 Å². The fraction of sp³-hybridized carbons (Fsp3) is 0.977. The topological polar surface area (TPSA) is 77.5 Å². The minimum Gasteiger partial charge on any atom is -0.434 e. The Balaban J connectivity index is 3.90. The molecule has 0 unspecified atom stereocenters. The quantitative estimate of drug-likeness (QED) is 0.0383. The maximum Gasteiger partial charge on any atom is 0.508 e. The summed E-state index contributed by atoms with van der Waals surface area (Å²) in [5, 5.41) is 9.54. The highest BCUT2D eigenvalue weighted by atomic mass is 16.7. The summed E-state index contributed by atoms with van der Waals surface area (Å²) in [6.45, 7) is 12.4. The van der Waals surface area contributed by atoms with E-state index in [9.17, 15) is 9.90 Å². The Morgan fingerprint density at radius 3 is 1.18 bits per heavy atom. The van der Waals surface area contributed by atoms with E-state index in [-0.39, 0.29) is 12.9 Å². The fourth-order valence-corrected chi connectivity index (χ4v) is 6.44. The second kappa shape index (κ2) is 42.5. The summed E-state index contributed by atoms with van der Waals surface area (Å²) in [7, 11) is 0. The minimum absolute atomic E-state index is 0.0260. The van der Waals surface area contributed by atoms with Crippen LogP contribution in [0.5, 0.6) is 0 Å². The molecule has 7 nitrogen and oxygen atoms in total. The number of carbonyl (C=O) groups is 1. The zero-order valence-electron chi connectivity index (χ0n) is 33.9. The highest BCUT2D eigenvalue weighted by Gasteiger charge is 2.10. The van der Waals surface area contributed by atoms with Crippen LogP contribution in [0.15, 0.2) is 0 Å². The van der Waals surface area contributed by atoms with E-state index in [0.29, 0.717) is 13.2 Å². The van der Waals surface area contributed by atoms with Crippen molar-refractivity contribution < 1.29 is 28.8 Å². The molecule has 0 saturated heterocycles. The second-order valence-corrected chi connectivity index (χ2v) is 14.7. The lowest BCUT2D eigenvalue weighted by molar-refractivity contribution is -0.148. The van der Waals surface area contributed by atoms with Gasteiger partial charge < -0.3 is 29.0 Å². The lowest BCUT2D eigenvalue weighted by Gasteiger charge is -2.21. The molecule has 300 valence electrons. The van der Waals surface area contributed by atoms with Gasteiger partial charge in [-0.1, -0.05) is 162 Å². The lowest BCUT2D eigenvalue weighted by atomic mass is 10.1. The monoisotopic (exact) mass is 714 g/mol. The van der Waals surface area contributed by atoms with E-state index in [0.717, 1.165) is 90.6 Å². The van der Waals surface area contributed by atoms with Crippen LogP contribution in [0, 0.1) is 0 Å². The predicted octanol–water partition coefficient (Wildman–Crippen LogP) is 12.6. The standard InChI is InChI=1S/C43H87NO6/c1-4-7-10-13-18-24-31-40-49-43(46)50-41-32-25-21-28-35-44(36-37-45)34-27-20-17-16-19-26-33-42(47-38-29-22-14-11-8-5-2)48-39-30-23-15-12-9-6-3/h42,45H,4-41H2,1-3H3. The van der Waals surface area contributed by atoms with Crippen molar-refractivity contribution in [1.82, 2.24) is 4.90 Å². The van der Waals surface area contributed by atoms with Crippen LogP contribution in [0.2, 0.25) is 0 Å². The third-order valence-corrected chi connectivity index (χ3v) is 9.74. The van der Waals surface area contributed by atoms with E-state index in [1.54, 1.807) is 0 Å². The third-order valence-electron chi connectivity index (χ3n) is 9.74. The largest absolute Gasteiger partial charge is 0.508 e. The van der Waals surface area contributed by atoms with E-state index >= 15 is 0 Å². The lowest BCUT2D eigenvalue weighted by Crippen LogP contribution is -2.29. The molecule has 0 aliphatic heterocycles. The van der Waals surface area contributed by atoms with Crippen LogP contribution >= 0.6 is 0 Å². The van der Waals surface area contributed by atoms with Crippen LogP contribution in [0.3, 0.4) is 0 Å². The molecule has 0 atom stereocenters. The van der Waals surface area contributed by atoms with Crippen LogP contribution in [-0.2, 0) is 18.9 Å². The molecular formula is C43H87NO6. The van der Waals surface area contributed by atoms with E-state index in [1.165, 1.54) is 135 Å². The Hall–Kier alpha value is -0.890. The Kier molecular flexibility index (Phi) is 41.8. The van der Waals surface area contributed by atoms with Crippen molar-refractivity contribution in [2.24, 2.45) is 0 Å². The van der Waals surface area contributed by atoms with Gasteiger partial charge in [0.15, 0.2) is 6.29 Å². The predicted molar refractivity (Wildman–Crippen MR) is 212 cm³/mol. The smallest absolute Gasteiger partial charge is 0.434 e. The Labute approximate surface area is 311 Å². The van der Waals surface area contributed by atoms with Crippen molar-refractivity contribution in [1.29, 1.82) is 0 Å². The second-order valence-electron chi connectivity index (χ2n) is 14.7. The van der Waals surface area contributed by atoms with Crippen LogP contribution in [0.4, 0.5) is 4.79 Å². The van der Waals surface area contributed by atoms with Crippen LogP contribution in [0.1, 0.15) is 213 Å². The van der Waals surface area contributed by atoms with Gasteiger partial charge in [-0.15, -0.1) is 0 Å². The highest BCUT2D eigenvalue weighted by molar-refractivity contribution is 5.59. The first-order valence-electron chi connectivity index (χ1n) is 22.0. The molecule has 0 heterocycles. The first kappa shape index (κ1) is 49.1. The average Bonchev–Trinajstić information content (AvgIpc) is 3.12. The Morgan fingerprint density at radius 1 is 0.440 bits per heavy atom. The van der Waals surface area contributed by atoms with Gasteiger partial charge in [0.05, 0.1) is 19.8 Å². The Bertz CT molecular complexity index is 633. The highest BCUT2D eigenvalue weighted by Crippen LogP contribution is 2.15. The molecule has 0 radical (unpaired) electrons. The number of hydrogen-bond donors (Lipinski definition) is 1. The van der Waals surface area contributed by atoms with Crippen LogP contribution in [-0.4, -0.2) is 75.1 Å². The molecule has 0 aliphatic rings. The SMILES string of the molecule is CCCCCCCCCOC(=O)OCCCCCCN(CCO)CCCCCCCCC(OCCCCCCCC)OCCCCCCCC. The maximum atomic E-state index is 11.8. The molecule has 0 aliphatic carbocycles. The molecule has 0 bridgehead atoms. The van der Waals surface area contributed by atoms with Crippen LogP contribution < -0.4 is 0 Å². The first-order chi connectivity index (χ1) is 24.7. The number of ether oxygens (including phenoxy) is 4. The molecule has 0 aromatic rings. The first-order valence-corrected chi connectivity index (χ1v) is 22.0. The summed E-state index contributed by atoms with van der Waals surface area (Å²) in [4.78, 5) is 14.2. The van der Waals surface area contributed by atoms with Crippen molar-refractivity contribution >= 4 is 6.16 Å². The van der Waals surface area contributed by atoms with Crippen molar-refractivity contribution in [2.45, 2.75) is 220 Å². The molecule has 50 heavy (non-hydrogen) atoms. The molecule has 0 spiro atoms. The third kappa shape index (κ3) is 38.3. The Morgan fingerprint density at radius 2 is 0.780 bits per heavy atom. The molecule has 0 fully saturated rings. The van der Waals surface area contributed by atoms with E-state index < -0.39 is 6.16 Å². The van der Waals surface area contributed by atoms with Gasteiger partial charge in [0.2, 0.25) is 0 Å². The average molecular weight is 714 g/mol. The number of aliphatic hydroxyl groups is 1. The molecule has 0 amide bonds. The van der Waals surface area contributed by atoms with Gasteiger partial charge in [0.1, 0.15) is 0 Å². The van der Waals surface area contributed by atoms with E-state index in [4.69, 9.17) is 18.9 Å². The van der Waals surface area contributed by atoms with Gasteiger partial charge in [-0.05, 0) is 64.5 Å². The van der Waals surface area contributed by atoms with Crippen LogP contribution in [0.25, 0.3) is 0 Å². The fourth-order valence-electron chi connectivity index (χ4n) is 6.44. The van der Waals surface area contributed by atoms with Crippen molar-refractivity contribution in [3.8, 4) is 0 Å². The van der Waals surface area contributed by atoms with Gasteiger partial charge >= 0.3 is 6.16 Å². The number of nitrogens with zero attached hydrogens (tertiary/aromatic N) is 1. The van der Waals surface area contributed by atoms with Crippen molar-refractivity contribution in [3.63, 3.8) is 0 Å². The zero-order valence-corrected chi connectivity index (χ0v) is 33.9. The molecule has 0 saturated carbocycles. The maximum absolute atomic E-state index is 11.8. The zero-order chi connectivity index (χ0) is 36.4. The summed E-state index contributed by atoms with van der Waals surface area (Å²) in [5.74, 6) is 0. The molecular weight excluding hydrogens is 626 g/mol. The minimum atomic E-state index is -0.519. The van der Waals surface area contributed by atoms with E-state index in [2.05, 4.69) is 25.7 Å². The number of hydrogen-bond acceptors (Lipinski definition) is 7. The summed E-state index contributed by atoms with van der Waals surface area (Å²) in [5.41, 5.74) is 0. The number of aliphatic hydroxyl groups excluding tert-OH is 1. The van der Waals surface area contributed by atoms with E-state index in [1.807, 2.05) is 0 Å². The van der Waals surface area contributed by atoms with Gasteiger partial charge in [-0.3, -0.25) is 0 Å². The molecule has 0 rings (SSSR count).